The van der Waals surface area contributed by atoms with Gasteiger partial charge in [0.05, 0.1) is 20.0 Å². The number of sulfone groups is 1. The summed E-state index contributed by atoms with van der Waals surface area (Å²) in [5.74, 6) is 0.863. The second-order valence-electron chi connectivity index (χ2n) is 7.58. The predicted molar refractivity (Wildman–Crippen MR) is 134 cm³/mol. The molecule has 11 heteroatoms. The van der Waals surface area contributed by atoms with Crippen LogP contribution in [0.25, 0.3) is 0 Å². The SMILES string of the molecule is COc1ccc(Oc2nnc(S(=O)(=O)Cc3ccc(C(=O)NCc4ccccc4)cc3)s2)cc1OC. The van der Waals surface area contributed by atoms with Crippen molar-refractivity contribution in [3.63, 3.8) is 0 Å². The molecule has 4 rings (SSSR count). The Kier molecular flexibility index (Phi) is 7.81. The lowest BCUT2D eigenvalue weighted by Crippen LogP contribution is -2.22. The first-order chi connectivity index (χ1) is 17.4. The van der Waals surface area contributed by atoms with Gasteiger partial charge < -0.3 is 19.5 Å². The number of methoxy groups -OCH3 is 2. The van der Waals surface area contributed by atoms with Crippen molar-refractivity contribution in [3.8, 4) is 22.4 Å². The van der Waals surface area contributed by atoms with Crippen molar-refractivity contribution < 1.29 is 27.4 Å². The third-order valence-corrected chi connectivity index (χ3v) is 8.02. The zero-order chi connectivity index (χ0) is 25.5. The molecule has 0 bridgehead atoms. The van der Waals surface area contributed by atoms with Crippen molar-refractivity contribution in [3.05, 3.63) is 89.5 Å². The lowest BCUT2D eigenvalue weighted by atomic mass is 10.1. The highest BCUT2D eigenvalue weighted by molar-refractivity contribution is 7.92. The minimum atomic E-state index is -3.77. The first-order valence-corrected chi connectivity index (χ1v) is 13.2. The molecule has 0 atom stereocenters. The van der Waals surface area contributed by atoms with Crippen LogP contribution in [0.2, 0.25) is 0 Å². The molecule has 0 aliphatic rings. The Labute approximate surface area is 212 Å². The number of aromatic nitrogens is 2. The molecular formula is C25H23N3O6S2. The number of carbonyl (C=O) groups is 1. The highest BCUT2D eigenvalue weighted by atomic mass is 32.2. The topological polar surface area (TPSA) is 117 Å². The number of rotatable bonds is 10. The molecule has 0 unspecified atom stereocenters. The van der Waals surface area contributed by atoms with E-state index in [1.807, 2.05) is 30.3 Å². The molecule has 4 aromatic rings. The molecular weight excluding hydrogens is 502 g/mol. The van der Waals surface area contributed by atoms with Gasteiger partial charge in [0.25, 0.3) is 5.91 Å². The van der Waals surface area contributed by atoms with E-state index in [0.717, 1.165) is 16.9 Å². The lowest BCUT2D eigenvalue weighted by Gasteiger charge is -2.08. The number of hydrogen-bond donors (Lipinski definition) is 1. The maximum absolute atomic E-state index is 12.9. The van der Waals surface area contributed by atoms with Crippen molar-refractivity contribution in [1.82, 2.24) is 15.5 Å². The minimum absolute atomic E-state index is 0.0752. The Morgan fingerprint density at radius 2 is 1.61 bits per heavy atom. The van der Waals surface area contributed by atoms with Crippen LogP contribution >= 0.6 is 11.3 Å². The number of nitrogens with one attached hydrogen (secondary N) is 1. The molecule has 0 aliphatic carbocycles. The van der Waals surface area contributed by atoms with Gasteiger partial charge in [-0.1, -0.05) is 47.6 Å². The summed E-state index contributed by atoms with van der Waals surface area (Å²) in [7, 11) is -0.745. The fraction of sp³-hybridized carbons (Fsp3) is 0.160. The third kappa shape index (κ3) is 6.18. The maximum atomic E-state index is 12.9. The standard InChI is InChI=1S/C25H23N3O6S2/c1-32-21-13-12-20(14-22(21)33-2)34-24-27-28-25(35-24)36(30,31)16-18-8-10-19(11-9-18)23(29)26-15-17-6-4-3-5-7-17/h3-14H,15-16H2,1-2H3,(H,26,29). The van der Waals surface area contributed by atoms with Gasteiger partial charge in [0, 0.05) is 18.2 Å². The van der Waals surface area contributed by atoms with Crippen LogP contribution in [-0.2, 0) is 22.1 Å². The van der Waals surface area contributed by atoms with E-state index in [4.69, 9.17) is 14.2 Å². The van der Waals surface area contributed by atoms with Gasteiger partial charge in [0.1, 0.15) is 5.75 Å². The fourth-order valence-electron chi connectivity index (χ4n) is 3.26. The van der Waals surface area contributed by atoms with E-state index in [0.29, 0.717) is 34.9 Å². The van der Waals surface area contributed by atoms with E-state index in [2.05, 4.69) is 15.5 Å². The van der Waals surface area contributed by atoms with Crippen molar-refractivity contribution >= 4 is 27.1 Å². The number of hydrogen-bond acceptors (Lipinski definition) is 9. The number of nitrogens with zero attached hydrogens (tertiary/aromatic N) is 2. The Hall–Kier alpha value is -3.96. The van der Waals surface area contributed by atoms with Crippen LogP contribution < -0.4 is 19.5 Å². The Morgan fingerprint density at radius 1 is 0.889 bits per heavy atom. The van der Waals surface area contributed by atoms with E-state index in [1.165, 1.54) is 14.2 Å². The molecule has 1 aromatic heterocycles. The minimum Gasteiger partial charge on any atom is -0.493 e. The molecule has 0 fully saturated rings. The van der Waals surface area contributed by atoms with Gasteiger partial charge in [-0.3, -0.25) is 4.79 Å². The van der Waals surface area contributed by atoms with Gasteiger partial charge in [-0.25, -0.2) is 8.42 Å². The summed E-state index contributed by atoms with van der Waals surface area (Å²) in [5.41, 5.74) is 1.95. The quantitative estimate of drug-likeness (QED) is 0.327. The summed E-state index contributed by atoms with van der Waals surface area (Å²) >= 11 is 0.821. The molecule has 1 heterocycles. The van der Waals surface area contributed by atoms with Crippen LogP contribution in [0.15, 0.2) is 77.1 Å². The van der Waals surface area contributed by atoms with E-state index in [1.54, 1.807) is 42.5 Å². The van der Waals surface area contributed by atoms with Crippen LogP contribution in [0.3, 0.4) is 0 Å². The summed E-state index contributed by atoms with van der Waals surface area (Å²) in [5, 5.41) is 10.6. The summed E-state index contributed by atoms with van der Waals surface area (Å²) in [6.07, 6.45) is 0. The summed E-state index contributed by atoms with van der Waals surface area (Å²) in [6, 6.07) is 20.9. The Balaban J connectivity index is 1.38. The number of benzene rings is 3. The predicted octanol–water partition coefficient (Wildman–Crippen LogP) is 4.25. The highest BCUT2D eigenvalue weighted by Crippen LogP contribution is 2.34. The van der Waals surface area contributed by atoms with Crippen LogP contribution in [-0.4, -0.2) is 38.7 Å². The highest BCUT2D eigenvalue weighted by Gasteiger charge is 2.22. The van der Waals surface area contributed by atoms with Crippen LogP contribution in [0.5, 0.6) is 22.4 Å². The molecule has 0 spiro atoms. The molecule has 9 nitrogen and oxygen atoms in total. The largest absolute Gasteiger partial charge is 0.493 e. The summed E-state index contributed by atoms with van der Waals surface area (Å²) < 4.78 is 41.6. The smallest absolute Gasteiger partial charge is 0.300 e. The van der Waals surface area contributed by atoms with Crippen LogP contribution in [0.4, 0.5) is 0 Å². The van der Waals surface area contributed by atoms with Gasteiger partial charge in [0.15, 0.2) is 11.5 Å². The first kappa shape index (κ1) is 25.1. The Morgan fingerprint density at radius 3 is 2.31 bits per heavy atom. The third-order valence-electron chi connectivity index (χ3n) is 5.08. The van der Waals surface area contributed by atoms with Gasteiger partial charge in [-0.15, -0.1) is 5.10 Å². The van der Waals surface area contributed by atoms with E-state index in [9.17, 15) is 13.2 Å². The average molecular weight is 526 g/mol. The zero-order valence-electron chi connectivity index (χ0n) is 19.5. The maximum Gasteiger partial charge on any atom is 0.300 e. The van der Waals surface area contributed by atoms with Gasteiger partial charge in [0.2, 0.25) is 14.2 Å². The molecule has 1 amide bonds. The van der Waals surface area contributed by atoms with Crippen molar-refractivity contribution in [2.24, 2.45) is 0 Å². The second-order valence-corrected chi connectivity index (χ2v) is 10.7. The van der Waals surface area contributed by atoms with Crippen LogP contribution in [0, 0.1) is 0 Å². The number of amides is 1. The first-order valence-electron chi connectivity index (χ1n) is 10.7. The molecule has 0 saturated carbocycles. The lowest BCUT2D eigenvalue weighted by molar-refractivity contribution is 0.0951. The van der Waals surface area contributed by atoms with E-state index in [-0.39, 0.29) is 21.2 Å². The molecule has 3 aromatic carbocycles. The average Bonchev–Trinajstić information content (AvgIpc) is 3.37. The monoisotopic (exact) mass is 525 g/mol. The van der Waals surface area contributed by atoms with Crippen LogP contribution in [0.1, 0.15) is 21.5 Å². The van der Waals surface area contributed by atoms with E-state index < -0.39 is 9.84 Å². The van der Waals surface area contributed by atoms with Gasteiger partial charge >= 0.3 is 5.19 Å². The fourth-order valence-corrected chi connectivity index (χ4v) is 5.53. The Bertz CT molecular complexity index is 1440. The molecule has 0 aliphatic heterocycles. The van der Waals surface area contributed by atoms with Crippen molar-refractivity contribution in [2.75, 3.05) is 14.2 Å². The normalized spacial score (nSPS) is 11.1. The molecule has 0 radical (unpaired) electrons. The number of ether oxygens (including phenoxy) is 3. The summed E-state index contributed by atoms with van der Waals surface area (Å²) in [4.78, 5) is 12.4. The zero-order valence-corrected chi connectivity index (χ0v) is 21.1. The van der Waals surface area contributed by atoms with E-state index >= 15 is 0 Å². The molecule has 186 valence electrons. The molecule has 36 heavy (non-hydrogen) atoms. The van der Waals surface area contributed by atoms with Crippen molar-refractivity contribution in [2.45, 2.75) is 16.6 Å². The van der Waals surface area contributed by atoms with Crippen molar-refractivity contribution in [1.29, 1.82) is 0 Å². The molecule has 1 N–H and O–H groups in total. The second kappa shape index (κ2) is 11.2. The number of carbonyl (C=O) groups excluding carboxylic acids is 1. The molecule has 0 saturated heterocycles. The van der Waals surface area contributed by atoms with Gasteiger partial charge in [-0.05, 0) is 46.7 Å². The summed E-state index contributed by atoms with van der Waals surface area (Å²) in [6.45, 7) is 0.403. The van der Waals surface area contributed by atoms with Gasteiger partial charge in [-0.2, -0.15) is 0 Å².